The lowest BCUT2D eigenvalue weighted by Crippen LogP contribution is -2.45. The average Bonchev–Trinajstić information content (AvgIpc) is 3.31. The summed E-state index contributed by atoms with van der Waals surface area (Å²) < 4.78 is 5.45. The molecule has 0 aromatic carbocycles. The van der Waals surface area contributed by atoms with Gasteiger partial charge < -0.3 is 20.3 Å². The van der Waals surface area contributed by atoms with Gasteiger partial charge in [-0.15, -0.1) is 0 Å². The summed E-state index contributed by atoms with van der Waals surface area (Å²) in [6, 6.07) is -0.628. The summed E-state index contributed by atoms with van der Waals surface area (Å²) in [4.78, 5) is 24.4. The predicted octanol–water partition coefficient (Wildman–Crippen LogP) is 17.9. The zero-order chi connectivity index (χ0) is 47.2. The molecular formula is C59H113NO5. The molecule has 0 aromatic heterocycles. The number of esters is 1. The molecule has 0 fully saturated rings. The SMILES string of the molecule is CCCC/C=C\CCCCCCCC(=O)OCCCCCCCCCCCCCCCCCCCCCCCC(=O)NC(CO)C(O)/C=C/CCCCCCCCCCCCCCCC. The van der Waals surface area contributed by atoms with Crippen LogP contribution < -0.4 is 5.32 Å². The number of nitrogens with one attached hydrogen (secondary N) is 1. The van der Waals surface area contributed by atoms with Gasteiger partial charge in [0.05, 0.1) is 25.4 Å². The number of allylic oxidation sites excluding steroid dienone is 3. The van der Waals surface area contributed by atoms with Crippen molar-refractivity contribution < 1.29 is 24.5 Å². The summed E-state index contributed by atoms with van der Waals surface area (Å²) in [5.41, 5.74) is 0. The minimum absolute atomic E-state index is 0.000332. The van der Waals surface area contributed by atoms with E-state index in [4.69, 9.17) is 4.74 Å². The van der Waals surface area contributed by atoms with Gasteiger partial charge in [0, 0.05) is 12.8 Å². The van der Waals surface area contributed by atoms with Crippen LogP contribution in [0, 0.1) is 0 Å². The smallest absolute Gasteiger partial charge is 0.305 e. The Morgan fingerprint density at radius 2 is 0.738 bits per heavy atom. The summed E-state index contributed by atoms with van der Waals surface area (Å²) in [5, 5.41) is 23.1. The van der Waals surface area contributed by atoms with Crippen LogP contribution in [0.15, 0.2) is 24.3 Å². The lowest BCUT2D eigenvalue weighted by molar-refractivity contribution is -0.143. The Balaban J connectivity index is 3.42. The van der Waals surface area contributed by atoms with Crippen molar-refractivity contribution in [3.63, 3.8) is 0 Å². The van der Waals surface area contributed by atoms with Crippen LogP contribution in [-0.4, -0.2) is 47.4 Å². The monoisotopic (exact) mass is 916 g/mol. The Bertz CT molecular complexity index is 1010. The predicted molar refractivity (Wildman–Crippen MR) is 283 cm³/mol. The van der Waals surface area contributed by atoms with E-state index in [-0.39, 0.29) is 18.5 Å². The molecule has 0 saturated heterocycles. The molecule has 2 atom stereocenters. The second-order valence-corrected chi connectivity index (χ2v) is 20.0. The van der Waals surface area contributed by atoms with Crippen molar-refractivity contribution in [1.29, 1.82) is 0 Å². The van der Waals surface area contributed by atoms with E-state index in [2.05, 4.69) is 31.3 Å². The van der Waals surface area contributed by atoms with Crippen molar-refractivity contribution in [3.8, 4) is 0 Å². The zero-order valence-electron chi connectivity index (χ0n) is 43.7. The van der Waals surface area contributed by atoms with Crippen molar-refractivity contribution in [2.75, 3.05) is 13.2 Å². The Morgan fingerprint density at radius 3 is 1.14 bits per heavy atom. The van der Waals surface area contributed by atoms with E-state index >= 15 is 0 Å². The summed E-state index contributed by atoms with van der Waals surface area (Å²) in [6.07, 6.45) is 66.3. The Hall–Kier alpha value is -1.66. The first-order valence-corrected chi connectivity index (χ1v) is 29.1. The quantitative estimate of drug-likeness (QED) is 0.0321. The van der Waals surface area contributed by atoms with Gasteiger partial charge in [-0.3, -0.25) is 9.59 Å². The van der Waals surface area contributed by atoms with E-state index in [9.17, 15) is 19.8 Å². The van der Waals surface area contributed by atoms with Crippen LogP contribution in [0.5, 0.6) is 0 Å². The molecule has 0 aromatic rings. The molecule has 0 aliphatic carbocycles. The number of hydrogen-bond acceptors (Lipinski definition) is 5. The van der Waals surface area contributed by atoms with Gasteiger partial charge in [0.2, 0.25) is 5.91 Å². The normalized spacial score (nSPS) is 12.7. The highest BCUT2D eigenvalue weighted by Gasteiger charge is 2.18. The maximum Gasteiger partial charge on any atom is 0.305 e. The van der Waals surface area contributed by atoms with Crippen LogP contribution in [0.4, 0.5) is 0 Å². The maximum atomic E-state index is 12.5. The summed E-state index contributed by atoms with van der Waals surface area (Å²) in [5.74, 6) is -0.0672. The second-order valence-electron chi connectivity index (χ2n) is 20.0. The van der Waals surface area contributed by atoms with Crippen molar-refractivity contribution >= 4 is 11.9 Å². The Labute approximate surface area is 405 Å². The van der Waals surface area contributed by atoms with E-state index in [1.165, 1.54) is 244 Å². The highest BCUT2D eigenvalue weighted by atomic mass is 16.5. The van der Waals surface area contributed by atoms with Crippen molar-refractivity contribution in [3.05, 3.63) is 24.3 Å². The number of ether oxygens (including phenoxy) is 1. The van der Waals surface area contributed by atoms with Crippen molar-refractivity contribution in [2.45, 2.75) is 328 Å². The molecule has 0 aliphatic rings. The van der Waals surface area contributed by atoms with Crippen molar-refractivity contribution in [2.24, 2.45) is 0 Å². The maximum absolute atomic E-state index is 12.5. The lowest BCUT2D eigenvalue weighted by atomic mass is 10.0. The number of rotatable bonds is 54. The topological polar surface area (TPSA) is 95.9 Å². The van der Waals surface area contributed by atoms with Crippen LogP contribution >= 0.6 is 0 Å². The molecule has 6 nitrogen and oxygen atoms in total. The summed E-state index contributed by atoms with van der Waals surface area (Å²) >= 11 is 0. The first kappa shape index (κ1) is 63.3. The van der Waals surface area contributed by atoms with E-state index in [0.29, 0.717) is 19.4 Å². The van der Waals surface area contributed by atoms with E-state index < -0.39 is 12.1 Å². The molecule has 2 unspecified atom stereocenters. The molecule has 0 spiro atoms. The highest BCUT2D eigenvalue weighted by molar-refractivity contribution is 5.76. The lowest BCUT2D eigenvalue weighted by Gasteiger charge is -2.20. The fourth-order valence-electron chi connectivity index (χ4n) is 8.97. The van der Waals surface area contributed by atoms with Crippen LogP contribution in [0.25, 0.3) is 0 Å². The molecule has 6 heteroatoms. The average molecular weight is 917 g/mol. The van der Waals surface area contributed by atoms with Gasteiger partial charge in [0.15, 0.2) is 0 Å². The molecule has 0 radical (unpaired) electrons. The first-order chi connectivity index (χ1) is 32.0. The minimum atomic E-state index is -0.845. The molecule has 1 amide bonds. The van der Waals surface area contributed by atoms with Gasteiger partial charge in [0.1, 0.15) is 0 Å². The Morgan fingerprint density at radius 1 is 0.415 bits per heavy atom. The summed E-state index contributed by atoms with van der Waals surface area (Å²) in [7, 11) is 0. The van der Waals surface area contributed by atoms with E-state index in [0.717, 1.165) is 44.9 Å². The molecule has 0 rings (SSSR count). The molecule has 65 heavy (non-hydrogen) atoms. The van der Waals surface area contributed by atoms with Gasteiger partial charge in [-0.25, -0.2) is 0 Å². The van der Waals surface area contributed by atoms with Crippen molar-refractivity contribution in [1.82, 2.24) is 5.32 Å². The largest absolute Gasteiger partial charge is 0.466 e. The molecular weight excluding hydrogens is 803 g/mol. The fourth-order valence-corrected chi connectivity index (χ4v) is 8.97. The van der Waals surface area contributed by atoms with Crippen LogP contribution in [0.2, 0.25) is 0 Å². The third kappa shape index (κ3) is 51.6. The number of amides is 1. The molecule has 0 bridgehead atoms. The number of carbonyl (C=O) groups is 2. The molecule has 3 N–H and O–H groups in total. The van der Waals surface area contributed by atoms with Gasteiger partial charge in [-0.05, 0) is 51.4 Å². The fraction of sp³-hybridized carbons (Fsp3) is 0.898. The molecule has 0 saturated carbocycles. The number of aliphatic hydroxyl groups excluding tert-OH is 2. The van der Waals surface area contributed by atoms with E-state index in [1.807, 2.05) is 6.08 Å². The first-order valence-electron chi connectivity index (χ1n) is 29.1. The standard InChI is InChI=1S/C59H113NO5/c1-3-5-7-9-11-13-15-16-17-25-28-32-35-39-43-47-51-57(62)56(55-61)60-58(63)52-48-44-40-36-33-29-26-23-21-19-18-20-22-24-27-30-34-38-42-46-50-54-65-59(64)53-49-45-41-37-31-14-12-10-8-6-4-2/h10,12,47,51,56-57,61-62H,3-9,11,13-46,48-50,52-55H2,1-2H3,(H,60,63)/b12-10-,51-47+. The third-order valence-electron chi connectivity index (χ3n) is 13.5. The Kier molecular flexibility index (Phi) is 53.5. The van der Waals surface area contributed by atoms with Crippen LogP contribution in [0.3, 0.4) is 0 Å². The van der Waals surface area contributed by atoms with Gasteiger partial charge in [0.25, 0.3) is 0 Å². The molecule has 0 aliphatic heterocycles. The van der Waals surface area contributed by atoms with E-state index in [1.54, 1.807) is 6.08 Å². The molecule has 384 valence electrons. The molecule has 0 heterocycles. The number of carbonyl (C=O) groups excluding carboxylic acids is 2. The highest BCUT2D eigenvalue weighted by Crippen LogP contribution is 2.17. The third-order valence-corrected chi connectivity index (χ3v) is 13.5. The number of unbranched alkanes of at least 4 members (excludes halogenated alkanes) is 41. The minimum Gasteiger partial charge on any atom is -0.466 e. The zero-order valence-corrected chi connectivity index (χ0v) is 43.7. The van der Waals surface area contributed by atoms with Crippen LogP contribution in [0.1, 0.15) is 316 Å². The van der Waals surface area contributed by atoms with Gasteiger partial charge in [-0.1, -0.05) is 276 Å². The summed E-state index contributed by atoms with van der Waals surface area (Å²) in [6.45, 7) is 4.87. The number of aliphatic hydroxyl groups is 2. The van der Waals surface area contributed by atoms with Gasteiger partial charge in [-0.2, -0.15) is 0 Å². The second kappa shape index (κ2) is 54.9. The van der Waals surface area contributed by atoms with Gasteiger partial charge >= 0.3 is 5.97 Å². The number of hydrogen-bond donors (Lipinski definition) is 3. The van der Waals surface area contributed by atoms with Crippen LogP contribution in [-0.2, 0) is 14.3 Å².